The molecule has 0 heterocycles. The summed E-state index contributed by atoms with van der Waals surface area (Å²) in [4.78, 5) is 38.4. The van der Waals surface area contributed by atoms with Gasteiger partial charge in [0.15, 0.2) is 0 Å². The zero-order valence-corrected chi connectivity index (χ0v) is 17.5. The van der Waals surface area contributed by atoms with Crippen LogP contribution in [0.3, 0.4) is 0 Å². The molecule has 3 N–H and O–H groups in total. The quantitative estimate of drug-likeness (QED) is 0.556. The predicted octanol–water partition coefficient (Wildman–Crippen LogP) is 2.34. The van der Waals surface area contributed by atoms with E-state index >= 15 is 0 Å². The molecule has 0 aliphatic heterocycles. The number of nitrogens with one attached hydrogen (secondary N) is 3. The van der Waals surface area contributed by atoms with Crippen molar-refractivity contribution < 1.29 is 19.1 Å². The largest absolute Gasteiger partial charge is 0.497 e. The Morgan fingerprint density at radius 1 is 0.900 bits per heavy atom. The van der Waals surface area contributed by atoms with Gasteiger partial charge in [-0.05, 0) is 55.9 Å². The number of carbonyl (C=O) groups excluding carboxylic acids is 3. The molecular weight excluding hydrogens is 384 g/mol. The molecule has 8 heteroatoms. The molecule has 0 saturated heterocycles. The molecule has 0 atom stereocenters. The summed E-state index contributed by atoms with van der Waals surface area (Å²) in [5.74, 6) is 0.0327. The maximum atomic E-state index is 12.4. The SMILES string of the molecule is CCNC(=O)c1cccc(NC(=O)CN(CC)CC(=O)Nc2ccc(OC)cc2)c1. The van der Waals surface area contributed by atoms with E-state index in [2.05, 4.69) is 16.0 Å². The Hall–Kier alpha value is -3.39. The number of rotatable bonds is 10. The Kier molecular flexibility index (Phi) is 8.83. The number of methoxy groups -OCH3 is 1. The zero-order chi connectivity index (χ0) is 21.9. The molecule has 2 rings (SSSR count). The molecule has 0 saturated carbocycles. The Bertz CT molecular complexity index is 868. The molecule has 0 aliphatic rings. The van der Waals surface area contributed by atoms with Gasteiger partial charge in [-0.1, -0.05) is 13.0 Å². The van der Waals surface area contributed by atoms with E-state index in [-0.39, 0.29) is 30.8 Å². The highest BCUT2D eigenvalue weighted by atomic mass is 16.5. The molecule has 0 fully saturated rings. The highest BCUT2D eigenvalue weighted by Crippen LogP contribution is 2.15. The number of hydrogen-bond acceptors (Lipinski definition) is 5. The summed E-state index contributed by atoms with van der Waals surface area (Å²) in [6.45, 7) is 4.91. The summed E-state index contributed by atoms with van der Waals surface area (Å²) < 4.78 is 5.09. The lowest BCUT2D eigenvalue weighted by atomic mass is 10.2. The average Bonchev–Trinajstić information content (AvgIpc) is 2.74. The first-order chi connectivity index (χ1) is 14.4. The van der Waals surface area contributed by atoms with Crippen LogP contribution >= 0.6 is 0 Å². The van der Waals surface area contributed by atoms with Gasteiger partial charge in [-0.25, -0.2) is 0 Å². The minimum Gasteiger partial charge on any atom is -0.497 e. The molecule has 3 amide bonds. The monoisotopic (exact) mass is 412 g/mol. The molecule has 0 aromatic heterocycles. The van der Waals surface area contributed by atoms with Crippen LogP contribution in [0, 0.1) is 0 Å². The lowest BCUT2D eigenvalue weighted by Crippen LogP contribution is -2.38. The number of benzene rings is 2. The van der Waals surface area contributed by atoms with Crippen LogP contribution in [0.1, 0.15) is 24.2 Å². The van der Waals surface area contributed by atoms with Crippen molar-refractivity contribution in [3.05, 3.63) is 54.1 Å². The number of anilines is 2. The van der Waals surface area contributed by atoms with E-state index in [1.54, 1.807) is 60.5 Å². The summed E-state index contributed by atoms with van der Waals surface area (Å²) in [7, 11) is 1.58. The fourth-order valence-electron chi connectivity index (χ4n) is 2.76. The van der Waals surface area contributed by atoms with Crippen molar-refractivity contribution in [1.29, 1.82) is 0 Å². The summed E-state index contributed by atoms with van der Waals surface area (Å²) in [5, 5.41) is 8.29. The number of carbonyl (C=O) groups is 3. The molecule has 8 nitrogen and oxygen atoms in total. The van der Waals surface area contributed by atoms with Gasteiger partial charge in [0, 0.05) is 23.5 Å². The van der Waals surface area contributed by atoms with Crippen LogP contribution < -0.4 is 20.7 Å². The third-order valence-corrected chi connectivity index (χ3v) is 4.30. The maximum absolute atomic E-state index is 12.4. The van der Waals surface area contributed by atoms with Gasteiger partial charge in [0.2, 0.25) is 11.8 Å². The molecule has 2 aromatic rings. The number of likely N-dealkylation sites (N-methyl/N-ethyl adjacent to an activating group) is 1. The molecule has 0 bridgehead atoms. The molecular formula is C22H28N4O4. The fourth-order valence-corrected chi connectivity index (χ4v) is 2.76. The second-order valence-electron chi connectivity index (χ2n) is 6.57. The van der Waals surface area contributed by atoms with Crippen molar-refractivity contribution in [2.45, 2.75) is 13.8 Å². The van der Waals surface area contributed by atoms with Crippen LogP contribution in [0.25, 0.3) is 0 Å². The van der Waals surface area contributed by atoms with E-state index < -0.39 is 0 Å². The Morgan fingerprint density at radius 3 is 2.10 bits per heavy atom. The van der Waals surface area contributed by atoms with Crippen molar-refractivity contribution in [3.8, 4) is 5.75 Å². The summed E-state index contributed by atoms with van der Waals surface area (Å²) in [6.07, 6.45) is 0. The molecule has 0 spiro atoms. The van der Waals surface area contributed by atoms with Crippen LogP contribution in [0.2, 0.25) is 0 Å². The standard InChI is InChI=1S/C22H28N4O4/c1-4-23-22(29)16-7-6-8-18(13-16)25-21(28)15-26(5-2)14-20(27)24-17-9-11-19(30-3)12-10-17/h6-13H,4-5,14-15H2,1-3H3,(H,23,29)(H,24,27)(H,25,28). The summed E-state index contributed by atoms with van der Waals surface area (Å²) in [5.41, 5.74) is 1.66. The van der Waals surface area contributed by atoms with E-state index in [0.29, 0.717) is 35.8 Å². The molecule has 2 aromatic carbocycles. The Labute approximate surface area is 176 Å². The van der Waals surface area contributed by atoms with Gasteiger partial charge < -0.3 is 20.7 Å². The highest BCUT2D eigenvalue weighted by molar-refractivity contribution is 5.98. The van der Waals surface area contributed by atoms with E-state index in [1.807, 2.05) is 13.8 Å². The number of amides is 3. The zero-order valence-electron chi connectivity index (χ0n) is 17.5. The second-order valence-corrected chi connectivity index (χ2v) is 6.57. The molecule has 0 radical (unpaired) electrons. The lowest BCUT2D eigenvalue weighted by molar-refractivity contribution is -0.119. The fraction of sp³-hybridized carbons (Fsp3) is 0.318. The topological polar surface area (TPSA) is 99.8 Å². The summed E-state index contributed by atoms with van der Waals surface area (Å²) >= 11 is 0. The van der Waals surface area contributed by atoms with Crippen LogP contribution in [-0.4, -0.2) is 55.9 Å². The average molecular weight is 412 g/mol. The Morgan fingerprint density at radius 2 is 1.53 bits per heavy atom. The van der Waals surface area contributed by atoms with Crippen LogP contribution in [0.5, 0.6) is 5.75 Å². The van der Waals surface area contributed by atoms with Gasteiger partial charge in [0.05, 0.1) is 20.2 Å². The van der Waals surface area contributed by atoms with E-state index in [0.717, 1.165) is 0 Å². The van der Waals surface area contributed by atoms with E-state index in [1.165, 1.54) is 0 Å². The van der Waals surface area contributed by atoms with Crippen molar-refractivity contribution >= 4 is 29.1 Å². The van der Waals surface area contributed by atoms with Gasteiger partial charge in [-0.3, -0.25) is 19.3 Å². The van der Waals surface area contributed by atoms with Gasteiger partial charge in [0.1, 0.15) is 5.75 Å². The third kappa shape index (κ3) is 7.21. The smallest absolute Gasteiger partial charge is 0.251 e. The predicted molar refractivity (Wildman–Crippen MR) is 117 cm³/mol. The van der Waals surface area contributed by atoms with Crippen molar-refractivity contribution in [2.75, 3.05) is 43.9 Å². The number of ether oxygens (including phenoxy) is 1. The first-order valence-electron chi connectivity index (χ1n) is 9.79. The van der Waals surface area contributed by atoms with Crippen LogP contribution in [0.15, 0.2) is 48.5 Å². The molecule has 30 heavy (non-hydrogen) atoms. The van der Waals surface area contributed by atoms with Crippen molar-refractivity contribution in [1.82, 2.24) is 10.2 Å². The molecule has 0 aliphatic carbocycles. The third-order valence-electron chi connectivity index (χ3n) is 4.30. The number of nitrogens with zero attached hydrogens (tertiary/aromatic N) is 1. The van der Waals surface area contributed by atoms with E-state index in [9.17, 15) is 14.4 Å². The van der Waals surface area contributed by atoms with Crippen LogP contribution in [0.4, 0.5) is 11.4 Å². The van der Waals surface area contributed by atoms with Gasteiger partial charge >= 0.3 is 0 Å². The molecule has 160 valence electrons. The van der Waals surface area contributed by atoms with Gasteiger partial charge in [-0.2, -0.15) is 0 Å². The normalized spacial score (nSPS) is 10.4. The van der Waals surface area contributed by atoms with Gasteiger partial charge in [-0.15, -0.1) is 0 Å². The summed E-state index contributed by atoms with van der Waals surface area (Å²) in [6, 6.07) is 13.7. The van der Waals surface area contributed by atoms with Gasteiger partial charge in [0.25, 0.3) is 5.91 Å². The first kappa shape index (κ1) is 22.9. The maximum Gasteiger partial charge on any atom is 0.251 e. The second kappa shape index (κ2) is 11.6. The minimum absolute atomic E-state index is 0.0535. The van der Waals surface area contributed by atoms with E-state index in [4.69, 9.17) is 4.74 Å². The van der Waals surface area contributed by atoms with Crippen LogP contribution in [-0.2, 0) is 9.59 Å². The lowest BCUT2D eigenvalue weighted by Gasteiger charge is -2.19. The number of hydrogen-bond donors (Lipinski definition) is 3. The molecule has 0 unspecified atom stereocenters. The van der Waals surface area contributed by atoms with Crippen molar-refractivity contribution in [3.63, 3.8) is 0 Å². The van der Waals surface area contributed by atoms with Crippen molar-refractivity contribution in [2.24, 2.45) is 0 Å². The highest BCUT2D eigenvalue weighted by Gasteiger charge is 2.14. The first-order valence-corrected chi connectivity index (χ1v) is 9.79. The minimum atomic E-state index is -0.262. The Balaban J connectivity index is 1.88.